The first-order valence-corrected chi connectivity index (χ1v) is 14.5. The van der Waals surface area contributed by atoms with Crippen molar-refractivity contribution in [1.29, 1.82) is 0 Å². The van der Waals surface area contributed by atoms with Crippen LogP contribution in [0.3, 0.4) is 0 Å². The summed E-state index contributed by atoms with van der Waals surface area (Å²) in [6.07, 6.45) is 5.12. The fraction of sp³-hybridized carbons (Fsp3) is 0.161. The maximum Gasteiger partial charge on any atom is 0.146 e. The highest BCUT2D eigenvalue weighted by Crippen LogP contribution is 2.58. The number of rotatable bonds is 6. The molecule has 1 aliphatic rings. The van der Waals surface area contributed by atoms with E-state index in [1.807, 2.05) is 48.2 Å². The number of hydrogen-bond acceptors (Lipinski definition) is 2. The van der Waals surface area contributed by atoms with Gasteiger partial charge in [0.05, 0.1) is 0 Å². The number of benzene rings is 4. The Morgan fingerprint density at radius 2 is 1.15 bits per heavy atom. The van der Waals surface area contributed by atoms with E-state index in [2.05, 4.69) is 91.0 Å². The van der Waals surface area contributed by atoms with Gasteiger partial charge in [0.1, 0.15) is 7.14 Å². The van der Waals surface area contributed by atoms with Crippen LogP contribution in [0.5, 0.6) is 0 Å². The summed E-state index contributed by atoms with van der Waals surface area (Å²) in [6, 6.07) is 41.7. The van der Waals surface area contributed by atoms with E-state index < -0.39 is 7.14 Å². The van der Waals surface area contributed by atoms with Crippen LogP contribution in [0.1, 0.15) is 30.7 Å². The normalized spacial score (nSPS) is 18.6. The molecule has 0 aromatic heterocycles. The molecule has 0 bridgehead atoms. The molecule has 4 aromatic rings. The zero-order valence-corrected chi connectivity index (χ0v) is 20.9. The van der Waals surface area contributed by atoms with Crippen LogP contribution in [-0.4, -0.2) is 5.66 Å². The Morgan fingerprint density at radius 1 is 0.647 bits per heavy atom. The van der Waals surface area contributed by atoms with E-state index in [1.54, 1.807) is 0 Å². The van der Waals surface area contributed by atoms with Gasteiger partial charge in [-0.25, -0.2) is 0 Å². The van der Waals surface area contributed by atoms with Gasteiger partial charge in [-0.05, 0) is 47.8 Å². The molecular formula is C31H29OPS. The zero-order chi connectivity index (χ0) is 23.2. The third kappa shape index (κ3) is 4.85. The summed E-state index contributed by atoms with van der Waals surface area (Å²) < 4.78 is 15.3. The van der Waals surface area contributed by atoms with Gasteiger partial charge in [-0.1, -0.05) is 127 Å². The summed E-state index contributed by atoms with van der Waals surface area (Å²) in [4.78, 5) is 2.63. The Kier molecular flexibility index (Phi) is 7.19. The maximum atomic E-state index is 15.3. The molecule has 0 unspecified atom stereocenters. The van der Waals surface area contributed by atoms with Crippen molar-refractivity contribution in [2.45, 2.75) is 35.7 Å². The molecule has 3 heteroatoms. The maximum absolute atomic E-state index is 15.3. The molecule has 0 saturated carbocycles. The Bertz CT molecular complexity index is 1230. The highest BCUT2D eigenvalue weighted by molar-refractivity contribution is 8.03. The average molecular weight is 481 g/mol. The van der Waals surface area contributed by atoms with Gasteiger partial charge in [0.15, 0.2) is 0 Å². The topological polar surface area (TPSA) is 17.1 Å². The van der Waals surface area contributed by atoms with Crippen LogP contribution >= 0.6 is 18.9 Å². The number of allylic oxidation sites excluding steroid dienone is 2. The first-order chi connectivity index (χ1) is 16.7. The average Bonchev–Trinajstić information content (AvgIpc) is 3.13. The molecule has 1 aliphatic carbocycles. The summed E-state index contributed by atoms with van der Waals surface area (Å²) >= 11 is 1.85. The summed E-state index contributed by atoms with van der Waals surface area (Å²) in [6.45, 7) is 0. The molecule has 0 heterocycles. The van der Waals surface area contributed by atoms with E-state index in [-0.39, 0.29) is 11.6 Å². The molecule has 0 N–H and O–H groups in total. The van der Waals surface area contributed by atoms with E-state index in [4.69, 9.17) is 0 Å². The Hall–Kier alpha value is -2.80. The SMILES string of the molecule is O=P(c1ccccc1)(c1ccccc1)[C@H]1CCC=C(Sc2ccccc2)C[C@@H]1c1ccccc1. The Labute approximate surface area is 207 Å². The van der Waals surface area contributed by atoms with Crippen molar-refractivity contribution < 1.29 is 4.57 Å². The van der Waals surface area contributed by atoms with Crippen LogP contribution in [-0.2, 0) is 4.57 Å². The van der Waals surface area contributed by atoms with Gasteiger partial charge in [-0.3, -0.25) is 0 Å². The minimum absolute atomic E-state index is 0.0322. The lowest BCUT2D eigenvalue weighted by molar-refractivity contribution is 0.548. The Balaban J connectivity index is 1.60. The van der Waals surface area contributed by atoms with Crippen LogP contribution in [0.4, 0.5) is 0 Å². The van der Waals surface area contributed by atoms with Gasteiger partial charge in [0.2, 0.25) is 0 Å². The highest BCUT2D eigenvalue weighted by atomic mass is 32.2. The monoisotopic (exact) mass is 480 g/mol. The third-order valence-electron chi connectivity index (χ3n) is 6.69. The molecule has 0 fully saturated rings. The molecule has 34 heavy (non-hydrogen) atoms. The Morgan fingerprint density at radius 3 is 1.71 bits per heavy atom. The molecule has 0 amide bonds. The molecule has 1 nitrogen and oxygen atoms in total. The van der Waals surface area contributed by atoms with Gasteiger partial charge in [0, 0.05) is 21.2 Å². The lowest BCUT2D eigenvalue weighted by Gasteiger charge is -2.34. The number of hydrogen-bond donors (Lipinski definition) is 0. The minimum Gasteiger partial charge on any atom is -0.313 e. The second-order valence-corrected chi connectivity index (χ2v) is 13.0. The third-order valence-corrected chi connectivity index (χ3v) is 11.5. The molecule has 170 valence electrons. The molecule has 0 radical (unpaired) electrons. The van der Waals surface area contributed by atoms with Crippen LogP contribution in [0, 0.1) is 0 Å². The summed E-state index contributed by atoms with van der Waals surface area (Å²) in [5.74, 6) is 0.178. The van der Waals surface area contributed by atoms with Gasteiger partial charge in [-0.2, -0.15) is 0 Å². The quantitative estimate of drug-likeness (QED) is 0.260. The zero-order valence-electron chi connectivity index (χ0n) is 19.2. The molecule has 0 saturated heterocycles. The lowest BCUT2D eigenvalue weighted by atomic mass is 9.91. The second-order valence-electron chi connectivity index (χ2n) is 8.78. The molecule has 4 aromatic carbocycles. The summed E-state index contributed by atoms with van der Waals surface area (Å²) in [5, 5.41) is 1.93. The highest BCUT2D eigenvalue weighted by Gasteiger charge is 2.42. The predicted octanol–water partition coefficient (Wildman–Crippen LogP) is 8.01. The van der Waals surface area contributed by atoms with E-state index in [0.29, 0.717) is 0 Å². The fourth-order valence-electron chi connectivity index (χ4n) is 5.08. The van der Waals surface area contributed by atoms with Crippen molar-refractivity contribution >= 4 is 29.5 Å². The number of thioether (sulfide) groups is 1. The predicted molar refractivity (Wildman–Crippen MR) is 147 cm³/mol. The van der Waals surface area contributed by atoms with E-state index in [0.717, 1.165) is 29.9 Å². The van der Waals surface area contributed by atoms with Crippen molar-refractivity contribution in [2.75, 3.05) is 0 Å². The smallest absolute Gasteiger partial charge is 0.146 e. The van der Waals surface area contributed by atoms with Gasteiger partial charge in [-0.15, -0.1) is 0 Å². The molecular weight excluding hydrogens is 451 g/mol. The van der Waals surface area contributed by atoms with Crippen LogP contribution in [0.2, 0.25) is 0 Å². The molecule has 0 spiro atoms. The van der Waals surface area contributed by atoms with Crippen LogP contribution < -0.4 is 10.6 Å². The minimum atomic E-state index is -2.90. The largest absolute Gasteiger partial charge is 0.313 e. The van der Waals surface area contributed by atoms with Gasteiger partial charge in [0.25, 0.3) is 0 Å². The van der Waals surface area contributed by atoms with Crippen molar-refractivity contribution in [3.63, 3.8) is 0 Å². The van der Waals surface area contributed by atoms with E-state index in [1.165, 1.54) is 15.4 Å². The molecule has 2 atom stereocenters. The van der Waals surface area contributed by atoms with Crippen molar-refractivity contribution in [1.82, 2.24) is 0 Å². The van der Waals surface area contributed by atoms with Gasteiger partial charge >= 0.3 is 0 Å². The first kappa shape index (κ1) is 23.0. The lowest BCUT2D eigenvalue weighted by Crippen LogP contribution is -2.30. The van der Waals surface area contributed by atoms with Crippen LogP contribution in [0.25, 0.3) is 0 Å². The standard InChI is InChI=1S/C31H29OPS/c32-33(26-16-7-2-8-17-26,27-18-9-3-10-19-27)31-23-13-22-29(34-28-20-11-4-12-21-28)24-30(31)25-14-5-1-6-15-25/h1-12,14-22,30-31H,13,23-24H2/t30-,31+/m1/s1. The summed E-state index contributed by atoms with van der Waals surface area (Å²) in [7, 11) is -2.90. The van der Waals surface area contributed by atoms with Crippen molar-refractivity contribution in [2.24, 2.45) is 0 Å². The summed E-state index contributed by atoms with van der Waals surface area (Å²) in [5.41, 5.74) is 1.31. The van der Waals surface area contributed by atoms with Crippen molar-refractivity contribution in [3.05, 3.63) is 138 Å². The fourth-order valence-corrected chi connectivity index (χ4v) is 9.73. The van der Waals surface area contributed by atoms with E-state index >= 15 is 4.57 Å². The van der Waals surface area contributed by atoms with Crippen molar-refractivity contribution in [3.8, 4) is 0 Å². The van der Waals surface area contributed by atoms with Gasteiger partial charge < -0.3 is 4.57 Å². The van der Waals surface area contributed by atoms with E-state index in [9.17, 15) is 0 Å². The molecule has 5 rings (SSSR count). The second kappa shape index (κ2) is 10.6. The van der Waals surface area contributed by atoms with Crippen LogP contribution in [0.15, 0.2) is 137 Å². The first-order valence-electron chi connectivity index (χ1n) is 11.9. The molecule has 0 aliphatic heterocycles.